The zero-order valence-electron chi connectivity index (χ0n) is 27.1. The molecule has 46 heavy (non-hydrogen) atoms. The number of imidazole rings is 1. The maximum atomic E-state index is 4.44. The Balaban J connectivity index is 0.000000232. The lowest BCUT2D eigenvalue weighted by atomic mass is 9.41. The van der Waals surface area contributed by atoms with Crippen molar-refractivity contribution in [1.29, 1.82) is 0 Å². The molecule has 0 saturated carbocycles. The van der Waals surface area contributed by atoms with Crippen molar-refractivity contribution in [2.24, 2.45) is 0 Å². The third-order valence-corrected chi connectivity index (χ3v) is 11.3. The highest BCUT2D eigenvalue weighted by Gasteiger charge is 2.36. The maximum absolute atomic E-state index is 4.44. The summed E-state index contributed by atoms with van der Waals surface area (Å²) in [4.78, 5) is 4.44. The van der Waals surface area contributed by atoms with E-state index in [2.05, 4.69) is 163 Å². The minimum absolute atomic E-state index is 0.208. The molecule has 0 amide bonds. The van der Waals surface area contributed by atoms with Gasteiger partial charge in [0.25, 0.3) is 0 Å². The van der Waals surface area contributed by atoms with Gasteiger partial charge in [0.05, 0.1) is 21.0 Å². The van der Waals surface area contributed by atoms with Crippen LogP contribution in [0.5, 0.6) is 0 Å². The summed E-state index contributed by atoms with van der Waals surface area (Å²) in [6.07, 6.45) is 12.4. The van der Waals surface area contributed by atoms with Gasteiger partial charge in [-0.15, -0.1) is 12.6 Å². The third kappa shape index (κ3) is 8.32. The van der Waals surface area contributed by atoms with Crippen molar-refractivity contribution in [3.63, 3.8) is 0 Å². The molecule has 0 spiro atoms. The highest BCUT2D eigenvalue weighted by Crippen LogP contribution is 2.33. The lowest BCUT2D eigenvalue weighted by Crippen LogP contribution is -2.46. The number of aromatic nitrogens is 2. The summed E-state index contributed by atoms with van der Waals surface area (Å²) in [5.41, 5.74) is 6.72. The van der Waals surface area contributed by atoms with E-state index in [1.54, 1.807) is 0 Å². The Kier molecular flexibility index (Phi) is 12.2. The Hall–Kier alpha value is -4.67. The first-order valence-corrected chi connectivity index (χ1v) is 18.1. The molecule has 230 valence electrons. The van der Waals surface area contributed by atoms with Crippen molar-refractivity contribution in [2.75, 3.05) is 0 Å². The predicted molar refractivity (Wildman–Crippen MR) is 202 cm³/mol. The Morgan fingerprint density at radius 3 is 1.76 bits per heavy atom. The minimum atomic E-state index is -0.801. The Morgan fingerprint density at radius 1 is 0.696 bits per heavy atom. The van der Waals surface area contributed by atoms with Crippen molar-refractivity contribution in [3.05, 3.63) is 194 Å². The van der Waals surface area contributed by atoms with Gasteiger partial charge in [0.2, 0.25) is 6.71 Å². The van der Waals surface area contributed by atoms with Crippen LogP contribution in [0.1, 0.15) is 49.3 Å². The van der Waals surface area contributed by atoms with Crippen molar-refractivity contribution < 1.29 is 0 Å². The molecule has 0 aliphatic carbocycles. The lowest BCUT2D eigenvalue weighted by molar-refractivity contribution is 0.596. The zero-order chi connectivity index (χ0) is 31.9. The highest BCUT2D eigenvalue weighted by atomic mass is 28.2. The van der Waals surface area contributed by atoms with E-state index in [9.17, 15) is 0 Å². The molecule has 0 unspecified atom stereocenters. The molecule has 6 rings (SSSR count). The number of hydrogen-bond acceptors (Lipinski definition) is 1. The van der Waals surface area contributed by atoms with Gasteiger partial charge in [-0.3, -0.25) is 0 Å². The van der Waals surface area contributed by atoms with Crippen LogP contribution in [0.3, 0.4) is 0 Å². The molecule has 2 nitrogen and oxygen atoms in total. The molecule has 0 aliphatic rings. The molecule has 0 aliphatic heterocycles. The summed E-state index contributed by atoms with van der Waals surface area (Å²) in [5.74, 6) is 1.99. The van der Waals surface area contributed by atoms with Crippen LogP contribution in [-0.4, -0.2) is 25.8 Å². The molecule has 0 atom stereocenters. The topological polar surface area (TPSA) is 17.8 Å². The fraction of sp³-hybridized carbons (Fsp3) is 0.167. The summed E-state index contributed by atoms with van der Waals surface area (Å²) < 4.78 is 2.33. The first kappa shape index (κ1) is 32.7. The molecular formula is C42H45BN2Si. The van der Waals surface area contributed by atoms with E-state index < -0.39 is 9.52 Å². The van der Waals surface area contributed by atoms with E-state index in [4.69, 9.17) is 0 Å². The number of aryl methyl sites for hydroxylation is 1. The van der Waals surface area contributed by atoms with Gasteiger partial charge in [0.15, 0.2) is 0 Å². The molecule has 4 heteroatoms. The smallest absolute Gasteiger partial charge is 0.233 e. The second-order valence-corrected chi connectivity index (χ2v) is 14.1. The van der Waals surface area contributed by atoms with Gasteiger partial charge in [-0.25, -0.2) is 4.98 Å². The molecule has 1 aromatic heterocycles. The van der Waals surface area contributed by atoms with Crippen molar-refractivity contribution in [2.45, 2.75) is 44.2 Å². The van der Waals surface area contributed by atoms with Crippen molar-refractivity contribution in [1.82, 2.24) is 9.55 Å². The predicted octanol–water partition coefficient (Wildman–Crippen LogP) is 7.27. The Labute approximate surface area is 278 Å². The molecule has 1 heterocycles. The standard InChI is InChI=1S/C28H32N2Si.C14H13B/c1-2-3-4-7-13-24-14-12-19-27(22-24)31-28(30-21-20-29-23-30,25-15-8-5-9-16-25)26-17-10-6-11-18-26;1-2-15(13-9-5-3-6-10-13)14-11-7-4-8-12-14/h5-6,8-12,14-23H,2-4,7,13,31H2,1H3;2-12H,1H2. The average molecular weight is 617 g/mol. The summed E-state index contributed by atoms with van der Waals surface area (Å²) in [6.45, 7) is 6.49. The number of hydrogen-bond donors (Lipinski definition) is 0. The van der Waals surface area contributed by atoms with Crippen LogP contribution < -0.4 is 16.1 Å². The average Bonchev–Trinajstić information content (AvgIpc) is 3.67. The molecule has 5 aromatic carbocycles. The summed E-state index contributed by atoms with van der Waals surface area (Å²) in [6, 6.07) is 52.2. The molecule has 6 aromatic rings. The summed E-state index contributed by atoms with van der Waals surface area (Å²) in [7, 11) is -0.801. The lowest BCUT2D eigenvalue weighted by Gasteiger charge is -2.37. The van der Waals surface area contributed by atoms with Crippen molar-refractivity contribution >= 4 is 32.3 Å². The summed E-state index contributed by atoms with van der Waals surface area (Å²) in [5, 5.41) is 1.29. The highest BCUT2D eigenvalue weighted by molar-refractivity contribution is 6.89. The second kappa shape index (κ2) is 17.1. The SMILES string of the molecule is C=CB(c1ccccc1)c1ccccc1.CCCCCCc1cccc([SiH2]C(c2ccccc2)(c2ccccc2)n2ccnc2)c1. The molecule has 0 fully saturated rings. The minimum Gasteiger partial charge on any atom is -0.326 e. The Morgan fingerprint density at radius 2 is 1.26 bits per heavy atom. The van der Waals surface area contributed by atoms with E-state index in [1.165, 1.54) is 64.9 Å². The summed E-state index contributed by atoms with van der Waals surface area (Å²) >= 11 is 0. The quantitative estimate of drug-likeness (QED) is 0.0986. The first-order chi connectivity index (χ1) is 22.7. The van der Waals surface area contributed by atoms with Crippen LogP contribution in [0.15, 0.2) is 177 Å². The van der Waals surface area contributed by atoms with Gasteiger partial charge in [0, 0.05) is 12.4 Å². The van der Waals surface area contributed by atoms with Gasteiger partial charge in [-0.1, -0.05) is 188 Å². The number of benzene rings is 5. The third-order valence-electron chi connectivity index (χ3n) is 8.77. The fourth-order valence-corrected chi connectivity index (χ4v) is 8.86. The molecule has 0 radical (unpaired) electrons. The monoisotopic (exact) mass is 616 g/mol. The number of nitrogens with zero attached hydrogens (tertiary/aromatic N) is 2. The van der Waals surface area contributed by atoms with Gasteiger partial charge in [-0.2, -0.15) is 0 Å². The van der Waals surface area contributed by atoms with Crippen LogP contribution in [-0.2, 0) is 11.6 Å². The van der Waals surface area contributed by atoms with E-state index in [1.807, 2.05) is 30.6 Å². The van der Waals surface area contributed by atoms with Gasteiger partial charge in [0.1, 0.15) is 0 Å². The van der Waals surface area contributed by atoms with E-state index >= 15 is 0 Å². The zero-order valence-corrected chi connectivity index (χ0v) is 28.5. The van der Waals surface area contributed by atoms with Crippen LogP contribution in [0.4, 0.5) is 0 Å². The Bertz CT molecular complexity index is 1630. The maximum Gasteiger partial charge on any atom is 0.233 e. The second-order valence-electron chi connectivity index (χ2n) is 11.9. The van der Waals surface area contributed by atoms with E-state index in [-0.39, 0.29) is 5.16 Å². The fourth-order valence-electron chi connectivity index (χ4n) is 6.40. The van der Waals surface area contributed by atoms with Crippen molar-refractivity contribution in [3.8, 4) is 0 Å². The van der Waals surface area contributed by atoms with Crippen LogP contribution in [0, 0.1) is 0 Å². The normalized spacial score (nSPS) is 11.2. The molecular weight excluding hydrogens is 571 g/mol. The van der Waals surface area contributed by atoms with Gasteiger partial charge in [-0.05, 0) is 29.5 Å². The van der Waals surface area contributed by atoms with E-state index in [0.717, 1.165) is 0 Å². The largest absolute Gasteiger partial charge is 0.326 e. The van der Waals surface area contributed by atoms with Crippen LogP contribution in [0.25, 0.3) is 0 Å². The van der Waals surface area contributed by atoms with Crippen LogP contribution >= 0.6 is 0 Å². The number of unbranched alkanes of at least 4 members (excludes halogenated alkanes) is 3. The molecule has 0 saturated heterocycles. The molecule has 0 bridgehead atoms. The van der Waals surface area contributed by atoms with E-state index in [0.29, 0.717) is 6.71 Å². The van der Waals surface area contributed by atoms with Gasteiger partial charge < -0.3 is 4.57 Å². The van der Waals surface area contributed by atoms with Crippen LogP contribution in [0.2, 0.25) is 0 Å². The first-order valence-electron chi connectivity index (χ1n) is 16.6. The number of rotatable bonds is 13. The molecule has 0 N–H and O–H groups in total. The van der Waals surface area contributed by atoms with Gasteiger partial charge >= 0.3 is 0 Å².